The van der Waals surface area contributed by atoms with E-state index in [9.17, 15) is 0 Å². The second-order valence-corrected chi connectivity index (χ2v) is 2.37. The Morgan fingerprint density at radius 3 is 3.00 bits per heavy atom. The number of aliphatic imine (C=N–C) groups is 1. The number of nitrogens with two attached hydrogens (primary N) is 1. The topological polar surface area (TPSA) is 47.6 Å². The molecule has 2 N–H and O–H groups in total. The summed E-state index contributed by atoms with van der Waals surface area (Å²) < 4.78 is 5.27. The van der Waals surface area contributed by atoms with Gasteiger partial charge in [-0.15, -0.1) is 0 Å². The molecule has 0 radical (unpaired) electrons. The SMILES string of the molecule is NCCN=C1CCCCO1. The minimum atomic E-state index is 0.618. The van der Waals surface area contributed by atoms with E-state index in [1.807, 2.05) is 0 Å². The van der Waals surface area contributed by atoms with Gasteiger partial charge in [0.05, 0.1) is 13.2 Å². The standard InChI is InChI=1S/C7H14N2O/c8-4-5-9-7-3-1-2-6-10-7/h1-6,8H2. The van der Waals surface area contributed by atoms with Crippen molar-refractivity contribution in [2.24, 2.45) is 10.7 Å². The molecule has 3 nitrogen and oxygen atoms in total. The van der Waals surface area contributed by atoms with Crippen LogP contribution in [-0.4, -0.2) is 25.6 Å². The minimum absolute atomic E-state index is 0.618. The smallest absolute Gasteiger partial charge is 0.183 e. The summed E-state index contributed by atoms with van der Waals surface area (Å²) in [6.07, 6.45) is 3.38. The lowest BCUT2D eigenvalue weighted by atomic mass is 10.2. The van der Waals surface area contributed by atoms with Crippen LogP contribution >= 0.6 is 0 Å². The highest BCUT2D eigenvalue weighted by Crippen LogP contribution is 2.06. The summed E-state index contributed by atoms with van der Waals surface area (Å²) in [5.74, 6) is 0.900. The summed E-state index contributed by atoms with van der Waals surface area (Å²) in [6, 6.07) is 0. The predicted molar refractivity (Wildman–Crippen MR) is 41.2 cm³/mol. The maximum absolute atomic E-state index is 5.28. The van der Waals surface area contributed by atoms with E-state index in [2.05, 4.69) is 4.99 Å². The van der Waals surface area contributed by atoms with Gasteiger partial charge in [0.1, 0.15) is 0 Å². The summed E-state index contributed by atoms with van der Waals surface area (Å²) in [4.78, 5) is 4.17. The number of nitrogens with zero attached hydrogens (tertiary/aromatic N) is 1. The van der Waals surface area contributed by atoms with Gasteiger partial charge in [0.15, 0.2) is 5.90 Å². The van der Waals surface area contributed by atoms with Crippen LogP contribution in [0.1, 0.15) is 19.3 Å². The van der Waals surface area contributed by atoms with Crippen molar-refractivity contribution in [3.8, 4) is 0 Å². The predicted octanol–water partition coefficient (Wildman–Crippen LogP) is 0.544. The molecule has 1 heterocycles. The molecule has 0 aliphatic carbocycles. The molecule has 1 aliphatic heterocycles. The molecule has 0 aromatic heterocycles. The van der Waals surface area contributed by atoms with Gasteiger partial charge < -0.3 is 10.5 Å². The first-order valence-corrected chi connectivity index (χ1v) is 3.79. The number of hydrogen-bond donors (Lipinski definition) is 1. The van der Waals surface area contributed by atoms with E-state index in [4.69, 9.17) is 10.5 Å². The van der Waals surface area contributed by atoms with Crippen molar-refractivity contribution in [1.82, 2.24) is 0 Å². The average molecular weight is 142 g/mol. The molecular formula is C7H14N2O. The summed E-state index contributed by atoms with van der Waals surface area (Å²) in [7, 11) is 0. The number of ether oxygens (including phenoxy) is 1. The quantitative estimate of drug-likeness (QED) is 0.611. The molecule has 1 rings (SSSR count). The fourth-order valence-corrected chi connectivity index (χ4v) is 0.954. The highest BCUT2D eigenvalue weighted by Gasteiger charge is 2.05. The van der Waals surface area contributed by atoms with Crippen molar-refractivity contribution < 1.29 is 4.74 Å². The van der Waals surface area contributed by atoms with Crippen LogP contribution in [0, 0.1) is 0 Å². The van der Waals surface area contributed by atoms with Gasteiger partial charge in [0.25, 0.3) is 0 Å². The van der Waals surface area contributed by atoms with Gasteiger partial charge in [-0.2, -0.15) is 0 Å². The van der Waals surface area contributed by atoms with E-state index >= 15 is 0 Å². The first-order valence-electron chi connectivity index (χ1n) is 3.79. The molecule has 0 amide bonds. The van der Waals surface area contributed by atoms with Crippen LogP contribution in [0.15, 0.2) is 4.99 Å². The lowest BCUT2D eigenvalue weighted by Gasteiger charge is -2.13. The molecule has 0 saturated carbocycles. The first-order chi connectivity index (χ1) is 4.93. The molecule has 1 aliphatic rings. The third-order valence-corrected chi connectivity index (χ3v) is 1.47. The van der Waals surface area contributed by atoms with Gasteiger partial charge in [-0.05, 0) is 12.8 Å². The zero-order valence-electron chi connectivity index (χ0n) is 6.18. The minimum Gasteiger partial charge on any atom is -0.481 e. The Hall–Kier alpha value is -0.570. The van der Waals surface area contributed by atoms with E-state index in [1.165, 1.54) is 12.8 Å². The fourth-order valence-electron chi connectivity index (χ4n) is 0.954. The molecule has 0 aromatic carbocycles. The Labute approximate surface area is 61.3 Å². The third kappa shape index (κ3) is 2.35. The second-order valence-electron chi connectivity index (χ2n) is 2.37. The zero-order valence-corrected chi connectivity index (χ0v) is 6.18. The Morgan fingerprint density at radius 2 is 2.40 bits per heavy atom. The molecule has 0 bridgehead atoms. The molecule has 1 fully saturated rings. The lowest BCUT2D eigenvalue weighted by molar-refractivity contribution is 0.259. The molecule has 3 heteroatoms. The molecule has 10 heavy (non-hydrogen) atoms. The lowest BCUT2D eigenvalue weighted by Crippen LogP contribution is -2.14. The van der Waals surface area contributed by atoms with E-state index in [-0.39, 0.29) is 0 Å². The van der Waals surface area contributed by atoms with E-state index in [1.54, 1.807) is 0 Å². The van der Waals surface area contributed by atoms with Gasteiger partial charge in [0.2, 0.25) is 0 Å². The van der Waals surface area contributed by atoms with Crippen LogP contribution in [0.4, 0.5) is 0 Å². The van der Waals surface area contributed by atoms with E-state index in [0.717, 1.165) is 18.9 Å². The average Bonchev–Trinajstić information content (AvgIpc) is 2.03. The van der Waals surface area contributed by atoms with Crippen LogP contribution in [0.2, 0.25) is 0 Å². The molecule has 0 unspecified atom stereocenters. The summed E-state index contributed by atoms with van der Waals surface area (Å²) >= 11 is 0. The number of hydrogen-bond acceptors (Lipinski definition) is 3. The van der Waals surface area contributed by atoms with Gasteiger partial charge in [-0.1, -0.05) is 0 Å². The van der Waals surface area contributed by atoms with Crippen LogP contribution in [0.5, 0.6) is 0 Å². The van der Waals surface area contributed by atoms with Crippen molar-refractivity contribution in [3.63, 3.8) is 0 Å². The van der Waals surface area contributed by atoms with Gasteiger partial charge in [0, 0.05) is 13.0 Å². The van der Waals surface area contributed by atoms with Crippen molar-refractivity contribution >= 4 is 5.90 Å². The summed E-state index contributed by atoms with van der Waals surface area (Å²) in [5, 5.41) is 0. The second kappa shape index (κ2) is 4.28. The number of rotatable bonds is 2. The van der Waals surface area contributed by atoms with Crippen molar-refractivity contribution in [2.75, 3.05) is 19.7 Å². The summed E-state index contributed by atoms with van der Waals surface area (Å²) in [6.45, 7) is 2.16. The highest BCUT2D eigenvalue weighted by atomic mass is 16.5. The molecule has 1 saturated heterocycles. The largest absolute Gasteiger partial charge is 0.481 e. The van der Waals surface area contributed by atoms with Crippen molar-refractivity contribution in [2.45, 2.75) is 19.3 Å². The van der Waals surface area contributed by atoms with Crippen LogP contribution < -0.4 is 5.73 Å². The van der Waals surface area contributed by atoms with E-state index in [0.29, 0.717) is 13.1 Å². The zero-order chi connectivity index (χ0) is 7.23. The van der Waals surface area contributed by atoms with Gasteiger partial charge >= 0.3 is 0 Å². The molecule has 58 valence electrons. The Morgan fingerprint density at radius 1 is 1.50 bits per heavy atom. The van der Waals surface area contributed by atoms with Gasteiger partial charge in [-0.3, -0.25) is 4.99 Å². The van der Waals surface area contributed by atoms with Crippen LogP contribution in [-0.2, 0) is 4.74 Å². The molecule has 0 atom stereocenters. The molecule has 0 aromatic rings. The summed E-state index contributed by atoms with van der Waals surface area (Å²) in [5.41, 5.74) is 5.28. The Balaban J connectivity index is 2.23. The fraction of sp³-hybridized carbons (Fsp3) is 0.857. The van der Waals surface area contributed by atoms with Gasteiger partial charge in [-0.25, -0.2) is 0 Å². The van der Waals surface area contributed by atoms with Crippen molar-refractivity contribution in [3.05, 3.63) is 0 Å². The van der Waals surface area contributed by atoms with Crippen molar-refractivity contribution in [1.29, 1.82) is 0 Å². The van der Waals surface area contributed by atoms with Crippen LogP contribution in [0.25, 0.3) is 0 Å². The first kappa shape index (κ1) is 7.54. The highest BCUT2D eigenvalue weighted by molar-refractivity contribution is 5.76. The maximum atomic E-state index is 5.28. The Kier molecular flexibility index (Phi) is 3.22. The maximum Gasteiger partial charge on any atom is 0.183 e. The van der Waals surface area contributed by atoms with E-state index < -0.39 is 0 Å². The molecule has 0 spiro atoms. The van der Waals surface area contributed by atoms with Crippen LogP contribution in [0.3, 0.4) is 0 Å². The third-order valence-electron chi connectivity index (χ3n) is 1.47. The Bertz CT molecular complexity index is 115. The molecular weight excluding hydrogens is 128 g/mol. The monoisotopic (exact) mass is 142 g/mol. The normalized spacial score (nSPS) is 22.7.